The molecule has 0 saturated carbocycles. The Balaban J connectivity index is 2.45. The summed E-state index contributed by atoms with van der Waals surface area (Å²) >= 11 is 6.00. The number of hydrogen-bond donors (Lipinski definition) is 1. The van der Waals surface area contributed by atoms with Crippen molar-refractivity contribution in [1.29, 1.82) is 0 Å². The lowest BCUT2D eigenvalue weighted by Gasteiger charge is -2.21. The highest BCUT2D eigenvalue weighted by molar-refractivity contribution is 6.31. The van der Waals surface area contributed by atoms with E-state index in [-0.39, 0.29) is 5.97 Å². The van der Waals surface area contributed by atoms with Gasteiger partial charge in [0, 0.05) is 6.54 Å². The fourth-order valence-electron chi connectivity index (χ4n) is 1.80. The minimum absolute atomic E-state index is 0.297. The van der Waals surface area contributed by atoms with Crippen LogP contribution >= 0.6 is 11.6 Å². The number of nitrogens with one attached hydrogen (secondary N) is 1. The second-order valence-corrected chi connectivity index (χ2v) is 4.15. The second-order valence-electron chi connectivity index (χ2n) is 3.79. The molecule has 1 aliphatic rings. The van der Waals surface area contributed by atoms with Gasteiger partial charge in [0.15, 0.2) is 0 Å². The zero-order valence-corrected chi connectivity index (χ0v) is 9.84. The molecule has 1 aromatic rings. The van der Waals surface area contributed by atoms with Gasteiger partial charge in [0.25, 0.3) is 0 Å². The predicted octanol–water partition coefficient (Wildman–Crippen LogP) is 1.38. The summed E-state index contributed by atoms with van der Waals surface area (Å²) < 4.78 is 5.05. The monoisotopic (exact) mass is 241 g/mol. The minimum Gasteiger partial charge on any atom is -0.465 e. The highest BCUT2D eigenvalue weighted by atomic mass is 35.5. The van der Waals surface area contributed by atoms with Gasteiger partial charge < -0.3 is 10.1 Å². The normalized spacial score (nSPS) is 22.4. The lowest BCUT2D eigenvalue weighted by molar-refractivity contribution is -0.148. The largest absolute Gasteiger partial charge is 0.465 e. The van der Waals surface area contributed by atoms with Crippen molar-refractivity contribution in [3.8, 4) is 0 Å². The van der Waals surface area contributed by atoms with Gasteiger partial charge in [0.2, 0.25) is 0 Å². The smallest absolute Gasteiger partial charge is 0.318 e. The molecule has 1 atom stereocenters. The summed E-state index contributed by atoms with van der Waals surface area (Å²) in [5.41, 5.74) is -0.181. The molecular weight excluding hydrogens is 230 g/mol. The molecular formula is C10H12ClN3O2. The third-order valence-corrected chi connectivity index (χ3v) is 2.97. The number of nitrogens with zero attached hydrogens (tertiary/aromatic N) is 2. The van der Waals surface area contributed by atoms with Gasteiger partial charge in [-0.25, -0.2) is 9.97 Å². The summed E-state index contributed by atoms with van der Waals surface area (Å²) in [6.45, 7) is 4.32. The zero-order chi connectivity index (χ0) is 11.8. The van der Waals surface area contributed by atoms with Gasteiger partial charge in [-0.2, -0.15) is 0 Å². The molecule has 0 amide bonds. The maximum absolute atomic E-state index is 11.9. The number of hydrogen-bond acceptors (Lipinski definition) is 5. The molecule has 5 nitrogen and oxygen atoms in total. The topological polar surface area (TPSA) is 64.1 Å². The first kappa shape index (κ1) is 11.1. The third kappa shape index (κ3) is 1.51. The van der Waals surface area contributed by atoms with Gasteiger partial charge in [0.05, 0.1) is 12.2 Å². The van der Waals surface area contributed by atoms with Gasteiger partial charge in [-0.1, -0.05) is 11.6 Å². The maximum atomic E-state index is 11.9. The van der Waals surface area contributed by atoms with Crippen LogP contribution in [0.2, 0.25) is 5.15 Å². The first-order valence-corrected chi connectivity index (χ1v) is 5.39. The van der Waals surface area contributed by atoms with E-state index in [4.69, 9.17) is 16.3 Å². The van der Waals surface area contributed by atoms with E-state index in [1.54, 1.807) is 13.8 Å². The molecule has 2 rings (SSSR count). The number of carbonyl (C=O) groups is 1. The van der Waals surface area contributed by atoms with Crippen molar-refractivity contribution in [2.75, 3.05) is 18.5 Å². The van der Waals surface area contributed by atoms with E-state index in [1.807, 2.05) is 0 Å². The van der Waals surface area contributed by atoms with Crippen molar-refractivity contribution in [2.45, 2.75) is 19.3 Å². The van der Waals surface area contributed by atoms with Crippen LogP contribution in [0.3, 0.4) is 0 Å². The predicted molar refractivity (Wildman–Crippen MR) is 59.5 cm³/mol. The summed E-state index contributed by atoms with van der Waals surface area (Å²) in [7, 11) is 0. The third-order valence-electron chi connectivity index (χ3n) is 2.69. The van der Waals surface area contributed by atoms with Gasteiger partial charge in [-0.15, -0.1) is 0 Å². The number of esters is 1. The number of aromatic nitrogens is 2. The van der Waals surface area contributed by atoms with Crippen LogP contribution in [0.5, 0.6) is 0 Å². The molecule has 0 bridgehead atoms. The van der Waals surface area contributed by atoms with Gasteiger partial charge >= 0.3 is 5.97 Å². The molecule has 0 saturated heterocycles. The quantitative estimate of drug-likeness (QED) is 0.626. The molecule has 1 unspecified atom stereocenters. The van der Waals surface area contributed by atoms with E-state index in [2.05, 4.69) is 15.3 Å². The molecule has 1 N–H and O–H groups in total. The Morgan fingerprint density at radius 2 is 2.44 bits per heavy atom. The van der Waals surface area contributed by atoms with Crippen LogP contribution in [-0.4, -0.2) is 29.1 Å². The average molecular weight is 242 g/mol. The Kier molecular flexibility index (Phi) is 2.71. The molecule has 6 heteroatoms. The number of halogens is 1. The average Bonchev–Trinajstić information content (AvgIpc) is 2.60. The first-order valence-electron chi connectivity index (χ1n) is 5.01. The van der Waals surface area contributed by atoms with Gasteiger partial charge in [-0.3, -0.25) is 4.79 Å². The SMILES string of the molecule is CCOC(=O)C1(C)CNc2ncnc(Cl)c21. The fraction of sp³-hybridized carbons (Fsp3) is 0.500. The molecule has 0 fully saturated rings. The van der Waals surface area contributed by atoms with Crippen LogP contribution in [0.25, 0.3) is 0 Å². The molecule has 16 heavy (non-hydrogen) atoms. The highest BCUT2D eigenvalue weighted by Gasteiger charge is 2.45. The van der Waals surface area contributed by atoms with E-state index < -0.39 is 5.41 Å². The molecule has 2 heterocycles. The van der Waals surface area contributed by atoms with E-state index >= 15 is 0 Å². The number of carbonyl (C=O) groups excluding carboxylic acids is 1. The van der Waals surface area contributed by atoms with Crippen LogP contribution in [-0.2, 0) is 14.9 Å². The summed E-state index contributed by atoms with van der Waals surface area (Å²) in [5, 5.41) is 3.33. The Morgan fingerprint density at radius 1 is 1.69 bits per heavy atom. The van der Waals surface area contributed by atoms with Crippen LogP contribution in [0.1, 0.15) is 19.4 Å². The minimum atomic E-state index is -0.802. The number of ether oxygens (including phenoxy) is 1. The molecule has 0 aromatic carbocycles. The van der Waals surface area contributed by atoms with Crippen molar-refractivity contribution in [3.05, 3.63) is 17.0 Å². The highest BCUT2D eigenvalue weighted by Crippen LogP contribution is 2.39. The second kappa shape index (κ2) is 3.90. The van der Waals surface area contributed by atoms with Crippen molar-refractivity contribution < 1.29 is 9.53 Å². The van der Waals surface area contributed by atoms with Crippen LogP contribution in [0, 0.1) is 0 Å². The van der Waals surface area contributed by atoms with Crippen molar-refractivity contribution >= 4 is 23.4 Å². The van der Waals surface area contributed by atoms with Crippen LogP contribution < -0.4 is 5.32 Å². The van der Waals surface area contributed by atoms with E-state index in [1.165, 1.54) is 6.33 Å². The van der Waals surface area contributed by atoms with E-state index in [0.717, 1.165) is 0 Å². The molecule has 86 valence electrons. The number of rotatable bonds is 2. The Bertz CT molecular complexity index is 438. The lowest BCUT2D eigenvalue weighted by Crippen LogP contribution is -2.36. The van der Waals surface area contributed by atoms with Gasteiger partial charge in [0.1, 0.15) is 22.7 Å². The van der Waals surface area contributed by atoms with Crippen molar-refractivity contribution in [2.24, 2.45) is 0 Å². The Hall–Kier alpha value is -1.36. The Morgan fingerprint density at radius 3 is 3.12 bits per heavy atom. The molecule has 0 spiro atoms. The fourth-order valence-corrected chi connectivity index (χ4v) is 2.14. The molecule has 0 aliphatic carbocycles. The number of anilines is 1. The summed E-state index contributed by atoms with van der Waals surface area (Å²) in [6, 6.07) is 0. The molecule has 1 aromatic heterocycles. The molecule has 0 radical (unpaired) electrons. The van der Waals surface area contributed by atoms with E-state index in [9.17, 15) is 4.79 Å². The first-order chi connectivity index (χ1) is 7.59. The maximum Gasteiger partial charge on any atom is 0.318 e. The lowest BCUT2D eigenvalue weighted by atomic mass is 9.86. The van der Waals surface area contributed by atoms with Crippen LogP contribution in [0.4, 0.5) is 5.82 Å². The van der Waals surface area contributed by atoms with Gasteiger partial charge in [-0.05, 0) is 13.8 Å². The van der Waals surface area contributed by atoms with E-state index in [0.29, 0.717) is 29.7 Å². The molecule has 1 aliphatic heterocycles. The zero-order valence-electron chi connectivity index (χ0n) is 9.08. The van der Waals surface area contributed by atoms with Crippen molar-refractivity contribution in [1.82, 2.24) is 9.97 Å². The Labute approximate surface area is 98.2 Å². The standard InChI is InChI=1S/C10H12ClN3O2/c1-3-16-9(15)10(2)4-12-8-6(10)7(11)13-5-14-8/h5H,3-4H2,1-2H3,(H,12,13,14). The summed E-state index contributed by atoms with van der Waals surface area (Å²) in [6.07, 6.45) is 1.37. The van der Waals surface area contributed by atoms with Crippen LogP contribution in [0.15, 0.2) is 6.33 Å². The van der Waals surface area contributed by atoms with Crippen molar-refractivity contribution in [3.63, 3.8) is 0 Å². The number of fused-ring (bicyclic) bond motifs is 1. The summed E-state index contributed by atoms with van der Waals surface area (Å²) in [4.78, 5) is 19.8. The summed E-state index contributed by atoms with van der Waals surface area (Å²) in [5.74, 6) is 0.300.